The molecule has 4 atom stereocenters. The second kappa shape index (κ2) is 7.03. The smallest absolute Gasteiger partial charge is 0.231 e. The van der Waals surface area contributed by atoms with Crippen molar-refractivity contribution < 1.29 is 18.7 Å². The van der Waals surface area contributed by atoms with Crippen LogP contribution in [0.15, 0.2) is 66.9 Å². The Labute approximate surface area is 184 Å². The first kappa shape index (κ1) is 19.3. The van der Waals surface area contributed by atoms with Crippen molar-refractivity contribution in [2.24, 2.45) is 11.8 Å². The molecule has 0 saturated carbocycles. The Morgan fingerprint density at radius 2 is 2.03 bits per heavy atom. The summed E-state index contributed by atoms with van der Waals surface area (Å²) < 4.78 is 20.2. The minimum Gasteiger partial charge on any atom is -0.361 e. The molecule has 3 aliphatic heterocycles. The van der Waals surface area contributed by atoms with Crippen LogP contribution in [0.3, 0.4) is 0 Å². The number of amides is 2. The highest BCUT2D eigenvalue weighted by Gasteiger charge is 2.66. The lowest BCUT2D eigenvalue weighted by atomic mass is 9.77. The molecule has 7 heteroatoms. The molecule has 3 aliphatic rings. The number of hydrogen-bond acceptors (Lipinski definition) is 3. The molecule has 1 spiro atoms. The summed E-state index contributed by atoms with van der Waals surface area (Å²) in [6, 6.07) is 14.1. The third-order valence-corrected chi connectivity index (χ3v) is 6.94. The largest absolute Gasteiger partial charge is 0.361 e. The number of aromatic amines is 1. The maximum absolute atomic E-state index is 14.0. The third-order valence-electron chi connectivity index (χ3n) is 6.94. The average molecular weight is 431 g/mol. The summed E-state index contributed by atoms with van der Waals surface area (Å²) in [6.07, 6.45) is 6.01. The number of likely N-dealkylation sites (tertiary alicyclic amines) is 1. The molecule has 2 amide bonds. The molecule has 162 valence electrons. The predicted molar refractivity (Wildman–Crippen MR) is 117 cm³/mol. The first-order chi connectivity index (χ1) is 15.6. The Kier molecular flexibility index (Phi) is 4.23. The van der Waals surface area contributed by atoms with E-state index in [0.717, 1.165) is 16.5 Å². The fourth-order valence-electron chi connectivity index (χ4n) is 5.44. The summed E-state index contributed by atoms with van der Waals surface area (Å²) in [5.74, 6) is -2.24. The van der Waals surface area contributed by atoms with E-state index in [1.54, 1.807) is 17.0 Å². The van der Waals surface area contributed by atoms with Crippen LogP contribution in [0.4, 0.5) is 10.1 Å². The Hall–Kier alpha value is -3.45. The summed E-state index contributed by atoms with van der Waals surface area (Å²) >= 11 is 0. The molecular weight excluding hydrogens is 409 g/mol. The molecule has 2 aromatic carbocycles. The number of hydrogen-bond donors (Lipinski definition) is 2. The topological polar surface area (TPSA) is 74.4 Å². The van der Waals surface area contributed by atoms with Gasteiger partial charge in [-0.25, -0.2) is 4.39 Å². The minimum atomic E-state index is -0.779. The fraction of sp³-hybridized carbons (Fsp3) is 0.280. The fourth-order valence-corrected chi connectivity index (χ4v) is 5.44. The average Bonchev–Trinajstić information content (AvgIpc) is 3.54. The van der Waals surface area contributed by atoms with E-state index in [1.807, 2.05) is 36.5 Å². The number of carbonyl (C=O) groups excluding carboxylic acids is 2. The summed E-state index contributed by atoms with van der Waals surface area (Å²) in [5, 5.41) is 3.80. The van der Waals surface area contributed by atoms with Crippen molar-refractivity contribution in [1.82, 2.24) is 9.88 Å². The quantitative estimate of drug-likeness (QED) is 0.609. The summed E-state index contributed by atoms with van der Waals surface area (Å²) in [5.41, 5.74) is 1.55. The van der Waals surface area contributed by atoms with Crippen LogP contribution in [0.2, 0.25) is 0 Å². The number of aromatic nitrogens is 1. The number of para-hydroxylation sites is 2. The lowest BCUT2D eigenvalue weighted by molar-refractivity contribution is -0.135. The zero-order chi connectivity index (χ0) is 21.9. The maximum Gasteiger partial charge on any atom is 0.231 e. The number of halogens is 1. The molecule has 0 radical (unpaired) electrons. The van der Waals surface area contributed by atoms with Gasteiger partial charge in [-0.3, -0.25) is 9.59 Å². The SMILES string of the molecule is O=C(Nc1ccccc1F)[C@@H]1[C@@H]2C=C[C@@]3(CN(CCc4c[nH]c5ccccc45)C(=O)[C@H]13)O2. The van der Waals surface area contributed by atoms with Crippen molar-refractivity contribution in [3.63, 3.8) is 0 Å². The zero-order valence-corrected chi connectivity index (χ0v) is 17.3. The van der Waals surface area contributed by atoms with Gasteiger partial charge in [0.25, 0.3) is 0 Å². The lowest BCUT2D eigenvalue weighted by Gasteiger charge is -2.23. The van der Waals surface area contributed by atoms with Crippen LogP contribution in [0.1, 0.15) is 5.56 Å². The second-order valence-corrected chi connectivity index (χ2v) is 8.74. The van der Waals surface area contributed by atoms with E-state index in [2.05, 4.69) is 16.4 Å². The molecule has 6 nitrogen and oxygen atoms in total. The minimum absolute atomic E-state index is 0.0784. The molecular formula is C25H22FN3O3. The Morgan fingerprint density at radius 1 is 1.22 bits per heavy atom. The number of carbonyl (C=O) groups is 2. The van der Waals surface area contributed by atoms with Gasteiger partial charge < -0.3 is 19.9 Å². The predicted octanol–water partition coefficient (Wildman–Crippen LogP) is 3.27. The highest BCUT2D eigenvalue weighted by atomic mass is 19.1. The van der Waals surface area contributed by atoms with Crippen LogP contribution in [0.5, 0.6) is 0 Å². The number of nitrogens with zero attached hydrogens (tertiary/aromatic N) is 1. The number of nitrogens with one attached hydrogen (secondary N) is 2. The van der Waals surface area contributed by atoms with Gasteiger partial charge in [0.2, 0.25) is 11.8 Å². The number of anilines is 1. The molecule has 4 heterocycles. The first-order valence-electron chi connectivity index (χ1n) is 10.8. The van der Waals surface area contributed by atoms with E-state index in [4.69, 9.17) is 4.74 Å². The van der Waals surface area contributed by atoms with Crippen molar-refractivity contribution in [3.8, 4) is 0 Å². The van der Waals surface area contributed by atoms with Crippen molar-refractivity contribution in [1.29, 1.82) is 0 Å². The number of benzene rings is 2. The lowest BCUT2D eigenvalue weighted by Crippen LogP contribution is -2.41. The van der Waals surface area contributed by atoms with E-state index in [9.17, 15) is 14.0 Å². The highest BCUT2D eigenvalue weighted by molar-refractivity contribution is 5.99. The summed E-state index contributed by atoms with van der Waals surface area (Å²) in [4.78, 5) is 31.5. The molecule has 0 aliphatic carbocycles. The van der Waals surface area contributed by atoms with Crippen molar-refractivity contribution in [3.05, 3.63) is 78.3 Å². The molecule has 2 fully saturated rings. The first-order valence-corrected chi connectivity index (χ1v) is 10.8. The van der Waals surface area contributed by atoms with Gasteiger partial charge in [-0.1, -0.05) is 42.5 Å². The van der Waals surface area contributed by atoms with Crippen LogP contribution in [-0.4, -0.2) is 46.5 Å². The standard InChI is InChI=1S/C25H22FN3O3/c26-17-6-2-4-8-19(17)28-23(30)21-20-9-11-25(32-20)14-29(24(31)22(21)25)12-10-15-13-27-18-7-3-1-5-16(15)18/h1-9,11,13,20-22,27H,10,12,14H2,(H,28,30)/t20-,21+,22-,25-/m0/s1. The van der Waals surface area contributed by atoms with Gasteiger partial charge in [0, 0.05) is 23.6 Å². The molecule has 32 heavy (non-hydrogen) atoms. The van der Waals surface area contributed by atoms with Crippen molar-refractivity contribution in [2.45, 2.75) is 18.1 Å². The number of ether oxygens (including phenoxy) is 1. The van der Waals surface area contributed by atoms with Crippen LogP contribution >= 0.6 is 0 Å². The Bertz CT molecular complexity index is 1270. The molecule has 2 N–H and O–H groups in total. The number of fused-ring (bicyclic) bond motifs is 2. The number of rotatable bonds is 5. The van der Waals surface area contributed by atoms with Gasteiger partial charge in [-0.15, -0.1) is 0 Å². The van der Waals surface area contributed by atoms with Crippen LogP contribution in [0, 0.1) is 17.7 Å². The van der Waals surface area contributed by atoms with Gasteiger partial charge in [0.1, 0.15) is 11.4 Å². The van der Waals surface area contributed by atoms with Crippen LogP contribution in [0.25, 0.3) is 10.9 Å². The highest BCUT2D eigenvalue weighted by Crippen LogP contribution is 2.52. The van der Waals surface area contributed by atoms with E-state index < -0.39 is 29.4 Å². The second-order valence-electron chi connectivity index (χ2n) is 8.74. The molecule has 1 aromatic heterocycles. The monoisotopic (exact) mass is 431 g/mol. The van der Waals surface area contributed by atoms with Gasteiger partial charge in [-0.2, -0.15) is 0 Å². The maximum atomic E-state index is 14.0. The summed E-state index contributed by atoms with van der Waals surface area (Å²) in [7, 11) is 0. The Balaban J connectivity index is 1.21. The van der Waals surface area contributed by atoms with Crippen molar-refractivity contribution >= 4 is 28.4 Å². The van der Waals surface area contributed by atoms with Crippen LogP contribution in [-0.2, 0) is 20.7 Å². The molecule has 2 saturated heterocycles. The van der Waals surface area contributed by atoms with Gasteiger partial charge in [0.15, 0.2) is 0 Å². The summed E-state index contributed by atoms with van der Waals surface area (Å²) in [6.45, 7) is 0.970. The molecule has 3 aromatic rings. The van der Waals surface area contributed by atoms with E-state index >= 15 is 0 Å². The van der Waals surface area contributed by atoms with E-state index in [-0.39, 0.29) is 17.5 Å². The molecule has 0 unspecified atom stereocenters. The van der Waals surface area contributed by atoms with Gasteiger partial charge in [-0.05, 0) is 30.2 Å². The molecule has 2 bridgehead atoms. The van der Waals surface area contributed by atoms with Gasteiger partial charge in [0.05, 0.1) is 30.2 Å². The van der Waals surface area contributed by atoms with Crippen molar-refractivity contribution in [2.75, 3.05) is 18.4 Å². The Morgan fingerprint density at radius 3 is 2.91 bits per heavy atom. The van der Waals surface area contributed by atoms with Gasteiger partial charge >= 0.3 is 0 Å². The normalized spacial score (nSPS) is 28.0. The molecule has 6 rings (SSSR count). The zero-order valence-electron chi connectivity index (χ0n) is 17.3. The van der Waals surface area contributed by atoms with Crippen LogP contribution < -0.4 is 5.32 Å². The number of H-pyrrole nitrogens is 1. The van der Waals surface area contributed by atoms with E-state index in [1.165, 1.54) is 12.1 Å². The third kappa shape index (κ3) is 2.81. The van der Waals surface area contributed by atoms with E-state index in [0.29, 0.717) is 19.5 Å².